The highest BCUT2D eigenvalue weighted by Gasteiger charge is 2.34. The van der Waals surface area contributed by atoms with Crippen LogP contribution in [-0.2, 0) is 9.59 Å². The van der Waals surface area contributed by atoms with Gasteiger partial charge < -0.3 is 5.11 Å². The second-order valence-corrected chi connectivity index (χ2v) is 5.11. The Morgan fingerprint density at radius 1 is 1.45 bits per heavy atom. The lowest BCUT2D eigenvalue weighted by Crippen LogP contribution is -2.29. The largest absolute Gasteiger partial charge is 0.481 e. The van der Waals surface area contributed by atoms with Crippen LogP contribution >= 0.6 is 11.8 Å². The Kier molecular flexibility index (Phi) is 4.52. The lowest BCUT2D eigenvalue weighted by Gasteiger charge is -2.10. The van der Waals surface area contributed by atoms with Gasteiger partial charge in [-0.1, -0.05) is 6.07 Å². The van der Waals surface area contributed by atoms with Crippen LogP contribution in [0.25, 0.3) is 6.08 Å². The number of thioether (sulfide) groups is 1. The summed E-state index contributed by atoms with van der Waals surface area (Å²) in [6.07, 6.45) is 5.01. The third-order valence-electron chi connectivity index (χ3n) is 2.63. The van der Waals surface area contributed by atoms with Crippen molar-refractivity contribution in [2.75, 3.05) is 6.54 Å². The van der Waals surface area contributed by atoms with E-state index in [1.807, 2.05) is 0 Å². The number of carboxylic acids is 1. The molecule has 1 aliphatic heterocycles. The third kappa shape index (κ3) is 3.45. The normalized spacial score (nSPS) is 17.0. The summed E-state index contributed by atoms with van der Waals surface area (Å²) in [4.78, 5) is 39.5. The number of aromatic nitrogens is 1. The summed E-state index contributed by atoms with van der Waals surface area (Å²) >= 11 is 0.859. The average Bonchev–Trinajstić information content (AvgIpc) is 2.67. The SMILES string of the molecule is O=C(O)CCCN1C(=O)S/C(=C/c2cccnc2)C1=O. The molecule has 0 radical (unpaired) electrons. The summed E-state index contributed by atoms with van der Waals surface area (Å²) in [5, 5.41) is 8.19. The molecule has 1 aromatic heterocycles. The quantitative estimate of drug-likeness (QED) is 0.835. The Labute approximate surface area is 119 Å². The molecule has 0 saturated carbocycles. The number of imide groups is 1. The number of carboxylic acid groups (broad SMARTS) is 1. The summed E-state index contributed by atoms with van der Waals surface area (Å²) in [6, 6.07) is 3.52. The topological polar surface area (TPSA) is 87.6 Å². The second-order valence-electron chi connectivity index (χ2n) is 4.12. The van der Waals surface area contributed by atoms with Crippen molar-refractivity contribution in [3.05, 3.63) is 35.0 Å². The molecule has 7 heteroatoms. The van der Waals surface area contributed by atoms with Crippen molar-refractivity contribution < 1.29 is 19.5 Å². The van der Waals surface area contributed by atoms with E-state index >= 15 is 0 Å². The highest BCUT2D eigenvalue weighted by atomic mass is 32.2. The van der Waals surface area contributed by atoms with Gasteiger partial charge in [0.2, 0.25) is 0 Å². The molecule has 1 aliphatic rings. The fourth-order valence-corrected chi connectivity index (χ4v) is 2.56. The van der Waals surface area contributed by atoms with E-state index in [1.165, 1.54) is 0 Å². The number of pyridine rings is 1. The Bertz CT molecular complexity index is 571. The van der Waals surface area contributed by atoms with Gasteiger partial charge in [-0.2, -0.15) is 0 Å². The van der Waals surface area contributed by atoms with E-state index < -0.39 is 5.97 Å². The predicted octanol–water partition coefficient (Wildman–Crippen LogP) is 1.98. The Balaban J connectivity index is 2.05. The minimum atomic E-state index is -0.942. The van der Waals surface area contributed by atoms with Crippen molar-refractivity contribution in [1.82, 2.24) is 9.88 Å². The summed E-state index contributed by atoms with van der Waals surface area (Å²) in [5.74, 6) is -1.32. The van der Waals surface area contributed by atoms with Crippen molar-refractivity contribution >= 4 is 35.0 Å². The summed E-state index contributed by atoms with van der Waals surface area (Å²) < 4.78 is 0. The number of nitrogens with zero attached hydrogens (tertiary/aromatic N) is 2. The van der Waals surface area contributed by atoms with Gasteiger partial charge in [-0.15, -0.1) is 0 Å². The molecule has 0 atom stereocenters. The van der Waals surface area contributed by atoms with Gasteiger partial charge in [0.15, 0.2) is 0 Å². The molecule has 2 rings (SSSR count). The third-order valence-corrected chi connectivity index (χ3v) is 3.54. The van der Waals surface area contributed by atoms with E-state index in [4.69, 9.17) is 5.11 Å². The first kappa shape index (κ1) is 14.3. The monoisotopic (exact) mass is 292 g/mol. The lowest BCUT2D eigenvalue weighted by molar-refractivity contribution is -0.137. The number of hydrogen-bond donors (Lipinski definition) is 1. The van der Waals surface area contributed by atoms with E-state index in [2.05, 4.69) is 4.98 Å². The number of carbonyl (C=O) groups is 3. The van der Waals surface area contributed by atoms with Crippen LogP contribution in [0.1, 0.15) is 18.4 Å². The summed E-state index contributed by atoms with van der Waals surface area (Å²) in [7, 11) is 0. The van der Waals surface area contributed by atoms with Crippen LogP contribution in [0.15, 0.2) is 29.4 Å². The van der Waals surface area contributed by atoms with Crippen LogP contribution in [0, 0.1) is 0 Å². The molecule has 1 N–H and O–H groups in total. The molecule has 0 unspecified atom stereocenters. The molecule has 2 heterocycles. The number of hydrogen-bond acceptors (Lipinski definition) is 5. The van der Waals surface area contributed by atoms with Crippen molar-refractivity contribution in [3.63, 3.8) is 0 Å². The zero-order valence-corrected chi connectivity index (χ0v) is 11.3. The Morgan fingerprint density at radius 2 is 2.25 bits per heavy atom. The number of amides is 2. The van der Waals surface area contributed by atoms with Crippen LogP contribution in [0.2, 0.25) is 0 Å². The maximum atomic E-state index is 12.0. The molecule has 0 bridgehead atoms. The average molecular weight is 292 g/mol. The molecule has 6 nitrogen and oxygen atoms in total. The first-order chi connectivity index (χ1) is 9.58. The number of rotatable bonds is 5. The van der Waals surface area contributed by atoms with E-state index in [0.29, 0.717) is 4.91 Å². The molecule has 1 fully saturated rings. The van der Waals surface area contributed by atoms with Gasteiger partial charge in [0.05, 0.1) is 4.91 Å². The molecule has 0 aliphatic carbocycles. The molecule has 1 saturated heterocycles. The van der Waals surface area contributed by atoms with Crippen LogP contribution < -0.4 is 0 Å². The summed E-state index contributed by atoms with van der Waals surface area (Å²) in [6.45, 7) is 0.126. The highest BCUT2D eigenvalue weighted by molar-refractivity contribution is 8.18. The Hall–Kier alpha value is -2.15. The highest BCUT2D eigenvalue weighted by Crippen LogP contribution is 2.32. The van der Waals surface area contributed by atoms with Gasteiger partial charge in [-0.25, -0.2) is 0 Å². The van der Waals surface area contributed by atoms with Crippen molar-refractivity contribution in [3.8, 4) is 0 Å². The summed E-state index contributed by atoms with van der Waals surface area (Å²) in [5.41, 5.74) is 0.739. The zero-order chi connectivity index (χ0) is 14.5. The fraction of sp³-hybridized carbons (Fsp3) is 0.231. The smallest absolute Gasteiger partial charge is 0.303 e. The molecule has 0 aromatic carbocycles. The molecule has 0 spiro atoms. The lowest BCUT2D eigenvalue weighted by atomic mass is 10.2. The second kappa shape index (κ2) is 6.33. The molecule has 20 heavy (non-hydrogen) atoms. The molecule has 1 aromatic rings. The maximum Gasteiger partial charge on any atom is 0.303 e. The standard InChI is InChI=1S/C13H12N2O4S/c16-11(17)4-2-6-15-12(18)10(20-13(15)19)7-9-3-1-5-14-8-9/h1,3,5,7-8H,2,4,6H2,(H,16,17)/b10-7+. The van der Waals surface area contributed by atoms with E-state index in [1.54, 1.807) is 30.6 Å². The van der Waals surface area contributed by atoms with Crippen molar-refractivity contribution in [2.45, 2.75) is 12.8 Å². The zero-order valence-electron chi connectivity index (χ0n) is 10.5. The van der Waals surface area contributed by atoms with Crippen molar-refractivity contribution in [1.29, 1.82) is 0 Å². The van der Waals surface area contributed by atoms with E-state index in [-0.39, 0.29) is 30.5 Å². The van der Waals surface area contributed by atoms with Crippen molar-refractivity contribution in [2.24, 2.45) is 0 Å². The molecular weight excluding hydrogens is 280 g/mol. The molecule has 104 valence electrons. The minimum Gasteiger partial charge on any atom is -0.481 e. The Morgan fingerprint density at radius 3 is 2.90 bits per heavy atom. The van der Waals surface area contributed by atoms with Crippen LogP contribution in [0.5, 0.6) is 0 Å². The van der Waals surface area contributed by atoms with Crippen LogP contribution in [0.3, 0.4) is 0 Å². The van der Waals surface area contributed by atoms with Crippen LogP contribution in [0.4, 0.5) is 4.79 Å². The van der Waals surface area contributed by atoms with Gasteiger partial charge in [-0.3, -0.25) is 24.3 Å². The first-order valence-electron chi connectivity index (χ1n) is 5.95. The molecular formula is C13H12N2O4S. The maximum absolute atomic E-state index is 12.0. The van der Waals surface area contributed by atoms with Gasteiger partial charge in [0.1, 0.15) is 0 Å². The van der Waals surface area contributed by atoms with E-state index in [0.717, 1.165) is 22.2 Å². The first-order valence-corrected chi connectivity index (χ1v) is 6.77. The molecule has 2 amide bonds. The van der Waals surface area contributed by atoms with Gasteiger partial charge in [-0.05, 0) is 35.9 Å². The van der Waals surface area contributed by atoms with E-state index in [9.17, 15) is 14.4 Å². The van der Waals surface area contributed by atoms with Gasteiger partial charge in [0.25, 0.3) is 11.1 Å². The van der Waals surface area contributed by atoms with Gasteiger partial charge in [0, 0.05) is 25.4 Å². The van der Waals surface area contributed by atoms with Gasteiger partial charge >= 0.3 is 5.97 Å². The number of carbonyl (C=O) groups excluding carboxylic acids is 2. The van der Waals surface area contributed by atoms with Crippen LogP contribution in [-0.4, -0.2) is 38.7 Å². The minimum absolute atomic E-state index is 0.0661. The number of aliphatic carboxylic acids is 1. The fourth-order valence-electron chi connectivity index (χ4n) is 1.69. The predicted molar refractivity (Wildman–Crippen MR) is 73.8 cm³/mol.